The smallest absolute Gasteiger partial charge is 0.276 e. The van der Waals surface area contributed by atoms with E-state index >= 15 is 0 Å². The van der Waals surface area contributed by atoms with Crippen molar-refractivity contribution in [2.75, 3.05) is 16.8 Å². The lowest BCUT2D eigenvalue weighted by atomic mass is 10.1. The number of hydrogen-bond donors (Lipinski definition) is 1. The first-order chi connectivity index (χ1) is 12.7. The monoisotopic (exact) mass is 366 g/mol. The second-order valence-electron chi connectivity index (χ2n) is 6.02. The minimum absolute atomic E-state index is 0.137. The highest BCUT2D eigenvalue weighted by molar-refractivity contribution is 7.16. The van der Waals surface area contributed by atoms with Crippen LogP contribution in [0.3, 0.4) is 0 Å². The molecule has 6 nitrogen and oxygen atoms in total. The zero-order valence-corrected chi connectivity index (χ0v) is 15.1. The van der Waals surface area contributed by atoms with Crippen LogP contribution < -0.4 is 10.2 Å². The summed E-state index contributed by atoms with van der Waals surface area (Å²) in [4.78, 5) is 32.7. The summed E-state index contributed by atoms with van der Waals surface area (Å²) in [5.74, 6) is -0.440. The Bertz CT molecular complexity index is 961. The molecule has 132 valence electrons. The van der Waals surface area contributed by atoms with Gasteiger partial charge < -0.3 is 9.88 Å². The van der Waals surface area contributed by atoms with E-state index in [1.807, 2.05) is 10.6 Å². The van der Waals surface area contributed by atoms with Crippen molar-refractivity contribution in [1.29, 1.82) is 0 Å². The molecule has 2 amide bonds. The number of pyridine rings is 1. The summed E-state index contributed by atoms with van der Waals surface area (Å²) in [7, 11) is 0. The lowest BCUT2D eigenvalue weighted by Gasteiger charge is -2.27. The maximum Gasteiger partial charge on any atom is 0.276 e. The van der Waals surface area contributed by atoms with Gasteiger partial charge in [-0.15, -0.1) is 11.3 Å². The van der Waals surface area contributed by atoms with Gasteiger partial charge in [-0.25, -0.2) is 0 Å². The first-order valence-electron chi connectivity index (χ1n) is 8.48. The largest absolute Gasteiger partial charge is 0.341 e. The Hall–Kier alpha value is -2.93. The molecule has 0 radical (unpaired) electrons. The van der Waals surface area contributed by atoms with Gasteiger partial charge in [-0.2, -0.15) is 0 Å². The van der Waals surface area contributed by atoms with Crippen LogP contribution in [0.25, 0.3) is 0 Å². The second kappa shape index (κ2) is 6.76. The minimum Gasteiger partial charge on any atom is -0.341 e. The molecule has 7 heteroatoms. The predicted molar refractivity (Wildman–Crippen MR) is 102 cm³/mol. The minimum atomic E-state index is -0.303. The van der Waals surface area contributed by atoms with Gasteiger partial charge in [0.05, 0.1) is 22.4 Å². The third kappa shape index (κ3) is 2.90. The van der Waals surface area contributed by atoms with Gasteiger partial charge in [0.1, 0.15) is 5.69 Å². The van der Waals surface area contributed by atoms with E-state index in [-0.39, 0.29) is 11.8 Å². The topological polar surface area (TPSA) is 67.2 Å². The number of nitrogens with one attached hydrogen (secondary N) is 1. The van der Waals surface area contributed by atoms with E-state index in [0.717, 1.165) is 11.4 Å². The highest BCUT2D eigenvalue weighted by Crippen LogP contribution is 2.30. The molecule has 1 aliphatic heterocycles. The molecule has 4 heterocycles. The first-order valence-corrected chi connectivity index (χ1v) is 9.30. The van der Waals surface area contributed by atoms with Gasteiger partial charge in [0.2, 0.25) is 0 Å². The number of fused-ring (bicyclic) bond motifs is 1. The highest BCUT2D eigenvalue weighted by Gasteiger charge is 2.31. The fourth-order valence-corrected chi connectivity index (χ4v) is 4.03. The number of nitrogens with zero attached hydrogens (tertiary/aromatic N) is 3. The van der Waals surface area contributed by atoms with Crippen molar-refractivity contribution in [3.05, 3.63) is 65.1 Å². The molecule has 26 heavy (non-hydrogen) atoms. The molecular formula is C19H18N4O2S. The van der Waals surface area contributed by atoms with E-state index in [4.69, 9.17) is 0 Å². The number of hydrogen-bond acceptors (Lipinski definition) is 4. The Balaban J connectivity index is 1.62. The normalized spacial score (nSPS) is 13.6. The summed E-state index contributed by atoms with van der Waals surface area (Å²) in [5, 5.41) is 3.73. The molecule has 0 bridgehead atoms. The lowest BCUT2D eigenvalue weighted by Crippen LogP contribution is -2.40. The Labute approximate surface area is 155 Å². The van der Waals surface area contributed by atoms with Crippen LogP contribution in [0.1, 0.15) is 32.6 Å². The zero-order chi connectivity index (χ0) is 18.1. The van der Waals surface area contributed by atoms with E-state index in [2.05, 4.69) is 23.3 Å². The highest BCUT2D eigenvalue weighted by atomic mass is 32.1. The number of anilines is 2. The van der Waals surface area contributed by atoms with Gasteiger partial charge in [0, 0.05) is 30.4 Å². The molecule has 0 atom stereocenters. The zero-order valence-electron chi connectivity index (χ0n) is 14.3. The Morgan fingerprint density at radius 3 is 2.88 bits per heavy atom. The Kier molecular flexibility index (Phi) is 4.30. The van der Waals surface area contributed by atoms with Crippen LogP contribution >= 0.6 is 11.3 Å². The second-order valence-corrected chi connectivity index (χ2v) is 7.16. The first kappa shape index (κ1) is 16.5. The fraction of sp³-hybridized carbons (Fsp3) is 0.211. The molecule has 3 aromatic heterocycles. The van der Waals surface area contributed by atoms with Gasteiger partial charge in [0.25, 0.3) is 11.8 Å². The third-order valence-electron chi connectivity index (χ3n) is 4.40. The SMILES string of the molecule is CCc1ccc(N2CCn3ccc(C(=O)Nc4cccnc4)c3C2=O)s1. The summed E-state index contributed by atoms with van der Waals surface area (Å²) in [6.07, 6.45) is 5.96. The van der Waals surface area contributed by atoms with E-state index < -0.39 is 0 Å². The quantitative estimate of drug-likeness (QED) is 0.769. The van der Waals surface area contributed by atoms with Crippen molar-refractivity contribution in [2.45, 2.75) is 19.9 Å². The summed E-state index contributed by atoms with van der Waals surface area (Å²) < 4.78 is 1.85. The van der Waals surface area contributed by atoms with Crippen LogP contribution in [0, 0.1) is 0 Å². The van der Waals surface area contributed by atoms with E-state index in [0.29, 0.717) is 30.0 Å². The number of rotatable bonds is 4. The van der Waals surface area contributed by atoms with Crippen molar-refractivity contribution >= 4 is 33.8 Å². The Morgan fingerprint density at radius 1 is 1.27 bits per heavy atom. The number of aryl methyl sites for hydroxylation is 1. The standard InChI is InChI=1S/C19H18N4O2S/c1-2-14-5-6-16(26-14)23-11-10-22-9-7-15(17(22)19(23)25)18(24)21-13-4-3-8-20-12-13/h3-9,12H,2,10-11H2,1H3,(H,21,24). The van der Waals surface area contributed by atoms with Gasteiger partial charge in [-0.1, -0.05) is 6.92 Å². The van der Waals surface area contributed by atoms with Gasteiger partial charge in [-0.05, 0) is 36.8 Å². The number of carbonyl (C=O) groups excluding carboxylic acids is 2. The molecule has 0 aromatic carbocycles. The van der Waals surface area contributed by atoms with Crippen LogP contribution in [-0.2, 0) is 13.0 Å². The number of aromatic nitrogens is 2. The van der Waals surface area contributed by atoms with Crippen LogP contribution in [0.15, 0.2) is 48.9 Å². The lowest BCUT2D eigenvalue weighted by molar-refractivity contribution is 0.0949. The van der Waals surface area contributed by atoms with Gasteiger partial charge in [-0.3, -0.25) is 19.5 Å². The average molecular weight is 366 g/mol. The van der Waals surface area contributed by atoms with E-state index in [9.17, 15) is 9.59 Å². The Morgan fingerprint density at radius 2 is 2.15 bits per heavy atom. The molecule has 4 rings (SSSR count). The van der Waals surface area contributed by atoms with E-state index in [1.165, 1.54) is 4.88 Å². The average Bonchev–Trinajstić information content (AvgIpc) is 3.30. The molecule has 0 saturated heterocycles. The van der Waals surface area contributed by atoms with Gasteiger partial charge in [0.15, 0.2) is 0 Å². The molecule has 3 aromatic rings. The van der Waals surface area contributed by atoms with Gasteiger partial charge >= 0.3 is 0 Å². The van der Waals surface area contributed by atoms with Crippen LogP contribution in [0.4, 0.5) is 10.7 Å². The molecule has 0 spiro atoms. The predicted octanol–water partition coefficient (Wildman–Crippen LogP) is 3.42. The molecule has 0 saturated carbocycles. The molecule has 0 fully saturated rings. The number of thiophene rings is 1. The molecular weight excluding hydrogens is 348 g/mol. The van der Waals surface area contributed by atoms with Crippen molar-refractivity contribution in [3.63, 3.8) is 0 Å². The van der Waals surface area contributed by atoms with Crippen molar-refractivity contribution in [1.82, 2.24) is 9.55 Å². The van der Waals surface area contributed by atoms with Crippen molar-refractivity contribution in [2.24, 2.45) is 0 Å². The maximum atomic E-state index is 13.1. The van der Waals surface area contributed by atoms with Crippen molar-refractivity contribution < 1.29 is 9.59 Å². The number of amides is 2. The fourth-order valence-electron chi connectivity index (χ4n) is 3.06. The molecule has 0 aliphatic carbocycles. The summed E-state index contributed by atoms with van der Waals surface area (Å²) in [6.45, 7) is 3.37. The molecule has 1 N–H and O–H groups in total. The summed E-state index contributed by atoms with van der Waals surface area (Å²) >= 11 is 1.62. The third-order valence-corrected chi connectivity index (χ3v) is 5.65. The van der Waals surface area contributed by atoms with E-state index in [1.54, 1.807) is 53.0 Å². The van der Waals surface area contributed by atoms with Crippen LogP contribution in [-0.4, -0.2) is 27.9 Å². The van der Waals surface area contributed by atoms with Crippen molar-refractivity contribution in [3.8, 4) is 0 Å². The molecule has 1 aliphatic rings. The van der Waals surface area contributed by atoms with Crippen LogP contribution in [0.2, 0.25) is 0 Å². The number of carbonyl (C=O) groups is 2. The summed E-state index contributed by atoms with van der Waals surface area (Å²) in [5.41, 5.74) is 1.42. The molecule has 0 unspecified atom stereocenters. The van der Waals surface area contributed by atoms with Crippen LogP contribution in [0.5, 0.6) is 0 Å². The summed E-state index contributed by atoms with van der Waals surface area (Å²) in [6, 6.07) is 9.25. The maximum absolute atomic E-state index is 13.1.